The van der Waals surface area contributed by atoms with Crippen molar-refractivity contribution in [3.63, 3.8) is 0 Å². The van der Waals surface area contributed by atoms with Gasteiger partial charge in [0.2, 0.25) is 11.7 Å². The van der Waals surface area contributed by atoms with Crippen molar-refractivity contribution < 1.29 is 29.3 Å². The Balaban J connectivity index is 1.36. The van der Waals surface area contributed by atoms with Crippen LogP contribution in [0, 0.1) is 5.41 Å². The minimum Gasteiger partial charge on any atom is -0.502 e. The maximum absolute atomic E-state index is 13.0. The number of aromatic hydroxyl groups is 1. The summed E-state index contributed by atoms with van der Waals surface area (Å²) in [6, 6.07) is 14.7. The summed E-state index contributed by atoms with van der Waals surface area (Å²) in [5, 5.41) is 29.7. The van der Waals surface area contributed by atoms with Gasteiger partial charge in [0.1, 0.15) is 0 Å². The lowest BCUT2D eigenvalue weighted by molar-refractivity contribution is -0.126. The zero-order valence-electron chi connectivity index (χ0n) is 25.3. The number of rotatable bonds is 13. The predicted molar refractivity (Wildman–Crippen MR) is 170 cm³/mol. The Labute approximate surface area is 257 Å². The van der Waals surface area contributed by atoms with E-state index in [4.69, 9.17) is 20.0 Å². The standard InChI is InChI=1S/C33H41N5O6/c1-3-5-20-43-28-22-24(23-29(31(28)40)44-21-6-4-2)9-14-30(39)37-18-16-36(17-19-37)25-10-12-26(13-11-25)38-15-7-8-27(38)32(34)35-33(41)42/h7-15,22-23,40H,3-6,16-21H2,1-2H3,(H2,34,35)(H,41,42)/b14-9+. The van der Waals surface area contributed by atoms with Crippen molar-refractivity contribution in [2.24, 2.45) is 0 Å². The highest BCUT2D eigenvalue weighted by Gasteiger charge is 2.20. The Morgan fingerprint density at radius 1 is 0.932 bits per heavy atom. The molecule has 11 heteroatoms. The molecule has 0 unspecified atom stereocenters. The zero-order valence-corrected chi connectivity index (χ0v) is 25.3. The molecule has 2 amide bonds. The van der Waals surface area contributed by atoms with Crippen LogP contribution in [-0.2, 0) is 4.79 Å². The van der Waals surface area contributed by atoms with Gasteiger partial charge in [0.25, 0.3) is 0 Å². The number of carbonyl (C=O) groups is 2. The Morgan fingerprint density at radius 3 is 2.09 bits per heavy atom. The third-order valence-corrected chi connectivity index (χ3v) is 7.31. The van der Waals surface area contributed by atoms with Crippen LogP contribution in [0.25, 0.3) is 11.8 Å². The average molecular weight is 604 g/mol. The summed E-state index contributed by atoms with van der Waals surface area (Å²) in [5.74, 6) is 0.388. The van der Waals surface area contributed by atoms with Crippen molar-refractivity contribution in [2.45, 2.75) is 39.5 Å². The van der Waals surface area contributed by atoms with E-state index in [0.717, 1.165) is 37.1 Å². The first-order chi connectivity index (χ1) is 21.3. The Bertz CT molecular complexity index is 1430. The first kappa shape index (κ1) is 32.0. The number of hydrogen-bond acceptors (Lipinski definition) is 7. The van der Waals surface area contributed by atoms with Crippen molar-refractivity contribution in [3.05, 3.63) is 72.1 Å². The summed E-state index contributed by atoms with van der Waals surface area (Å²) >= 11 is 0. The van der Waals surface area contributed by atoms with Crippen molar-refractivity contribution >= 4 is 29.6 Å². The molecule has 1 aromatic heterocycles. The van der Waals surface area contributed by atoms with Gasteiger partial charge in [-0.05, 0) is 73.0 Å². The van der Waals surface area contributed by atoms with E-state index in [2.05, 4.69) is 24.1 Å². The van der Waals surface area contributed by atoms with E-state index in [0.29, 0.717) is 62.1 Å². The first-order valence-electron chi connectivity index (χ1n) is 15.0. The van der Waals surface area contributed by atoms with Crippen LogP contribution in [0.2, 0.25) is 0 Å². The molecule has 4 N–H and O–H groups in total. The molecule has 0 spiro atoms. The number of piperazine rings is 1. The van der Waals surface area contributed by atoms with Crippen LogP contribution in [0.5, 0.6) is 17.2 Å². The zero-order chi connectivity index (χ0) is 31.5. The van der Waals surface area contributed by atoms with Gasteiger partial charge in [0, 0.05) is 49.8 Å². The number of ether oxygens (including phenoxy) is 2. The fourth-order valence-electron chi connectivity index (χ4n) is 4.83. The summed E-state index contributed by atoms with van der Waals surface area (Å²) in [6.07, 6.45) is 7.46. The molecule has 2 heterocycles. The van der Waals surface area contributed by atoms with Gasteiger partial charge in [-0.25, -0.2) is 4.79 Å². The maximum atomic E-state index is 13.0. The summed E-state index contributed by atoms with van der Waals surface area (Å²) < 4.78 is 13.4. The number of benzene rings is 2. The van der Waals surface area contributed by atoms with Crippen LogP contribution >= 0.6 is 0 Å². The molecule has 0 bridgehead atoms. The lowest BCUT2D eigenvalue weighted by Gasteiger charge is -2.35. The summed E-state index contributed by atoms with van der Waals surface area (Å²) in [6.45, 7) is 7.59. The number of amides is 2. The minimum absolute atomic E-state index is 0.0201. The normalized spacial score (nSPS) is 13.2. The number of phenolic OH excluding ortho intramolecular Hbond substituents is 1. The number of nitrogens with zero attached hydrogens (tertiary/aromatic N) is 3. The van der Waals surface area contributed by atoms with Gasteiger partial charge < -0.3 is 34.1 Å². The lowest BCUT2D eigenvalue weighted by atomic mass is 10.1. The molecular formula is C33H41N5O6. The number of hydrogen-bond donors (Lipinski definition) is 4. The molecule has 1 aliphatic rings. The van der Waals surface area contributed by atoms with Gasteiger partial charge in [0.15, 0.2) is 17.3 Å². The van der Waals surface area contributed by atoms with E-state index in [1.54, 1.807) is 47.2 Å². The molecule has 1 saturated heterocycles. The van der Waals surface area contributed by atoms with Gasteiger partial charge in [-0.1, -0.05) is 26.7 Å². The number of aromatic nitrogens is 1. The third kappa shape index (κ3) is 8.33. The highest BCUT2D eigenvalue weighted by molar-refractivity contribution is 6.03. The second-order valence-corrected chi connectivity index (χ2v) is 10.5. The molecule has 11 nitrogen and oxygen atoms in total. The second-order valence-electron chi connectivity index (χ2n) is 10.5. The lowest BCUT2D eigenvalue weighted by Crippen LogP contribution is -2.48. The van der Waals surface area contributed by atoms with E-state index < -0.39 is 6.09 Å². The molecule has 2 aromatic carbocycles. The fraction of sp³-hybridized carbons (Fsp3) is 0.364. The summed E-state index contributed by atoms with van der Waals surface area (Å²) in [4.78, 5) is 28.0. The molecule has 0 radical (unpaired) electrons. The number of nitrogens with one attached hydrogen (secondary N) is 2. The number of amidine groups is 1. The smallest absolute Gasteiger partial charge is 0.410 e. The molecule has 1 aliphatic heterocycles. The Kier molecular flexibility index (Phi) is 11.3. The molecule has 234 valence electrons. The molecule has 3 aromatic rings. The summed E-state index contributed by atoms with van der Waals surface area (Å²) in [7, 11) is 0. The molecular weight excluding hydrogens is 562 g/mol. The van der Waals surface area contributed by atoms with Gasteiger partial charge in [-0.3, -0.25) is 15.5 Å². The van der Waals surface area contributed by atoms with Gasteiger partial charge in [0.05, 0.1) is 18.9 Å². The maximum Gasteiger partial charge on any atom is 0.410 e. The third-order valence-electron chi connectivity index (χ3n) is 7.31. The molecule has 44 heavy (non-hydrogen) atoms. The van der Waals surface area contributed by atoms with Crippen molar-refractivity contribution in [3.8, 4) is 22.9 Å². The summed E-state index contributed by atoms with van der Waals surface area (Å²) in [5.41, 5.74) is 2.97. The highest BCUT2D eigenvalue weighted by Crippen LogP contribution is 2.38. The number of unbranched alkanes of at least 4 members (excludes halogenated alkanes) is 2. The van der Waals surface area contributed by atoms with Gasteiger partial charge >= 0.3 is 6.09 Å². The monoisotopic (exact) mass is 603 g/mol. The highest BCUT2D eigenvalue weighted by atomic mass is 16.5. The van der Waals surface area contributed by atoms with E-state index >= 15 is 0 Å². The SMILES string of the molecule is CCCCOc1cc(/C=C/C(=O)N2CCN(c3ccc(-n4cccc4C(=N)NC(=O)O)cc3)CC2)cc(OCCCC)c1O. The van der Waals surface area contributed by atoms with Crippen LogP contribution in [0.3, 0.4) is 0 Å². The van der Waals surface area contributed by atoms with Crippen LogP contribution < -0.4 is 19.7 Å². The minimum atomic E-state index is -1.28. The first-order valence-corrected chi connectivity index (χ1v) is 15.0. The molecule has 4 rings (SSSR count). The number of phenols is 1. The number of anilines is 1. The van der Waals surface area contributed by atoms with Crippen LogP contribution in [0.4, 0.5) is 10.5 Å². The van der Waals surface area contributed by atoms with Gasteiger partial charge in [-0.2, -0.15) is 0 Å². The Morgan fingerprint density at radius 2 is 1.52 bits per heavy atom. The molecule has 0 atom stereocenters. The van der Waals surface area contributed by atoms with E-state index in [-0.39, 0.29) is 17.5 Å². The molecule has 1 fully saturated rings. The largest absolute Gasteiger partial charge is 0.502 e. The van der Waals surface area contributed by atoms with Crippen molar-refractivity contribution in [1.82, 2.24) is 14.8 Å². The van der Waals surface area contributed by atoms with E-state index in [1.165, 1.54) is 0 Å². The number of carboxylic acid groups (broad SMARTS) is 1. The number of carbonyl (C=O) groups excluding carboxylic acids is 1. The molecule has 0 aliphatic carbocycles. The molecule has 0 saturated carbocycles. The predicted octanol–water partition coefficient (Wildman–Crippen LogP) is 5.50. The van der Waals surface area contributed by atoms with Crippen LogP contribution in [0.15, 0.2) is 60.8 Å². The van der Waals surface area contributed by atoms with Gasteiger partial charge in [-0.15, -0.1) is 0 Å². The average Bonchev–Trinajstić information content (AvgIpc) is 3.52. The fourth-order valence-corrected chi connectivity index (χ4v) is 4.83. The van der Waals surface area contributed by atoms with Crippen LogP contribution in [-0.4, -0.2) is 76.9 Å². The Hall–Kier alpha value is -4.93. The van der Waals surface area contributed by atoms with E-state index in [9.17, 15) is 14.7 Å². The topological polar surface area (TPSA) is 140 Å². The second kappa shape index (κ2) is 15.5. The van der Waals surface area contributed by atoms with E-state index in [1.807, 2.05) is 29.2 Å². The van der Waals surface area contributed by atoms with Crippen molar-refractivity contribution in [1.29, 1.82) is 5.41 Å². The van der Waals surface area contributed by atoms with Crippen LogP contribution in [0.1, 0.15) is 50.8 Å². The quantitative estimate of drug-likeness (QED) is 0.0876. The van der Waals surface area contributed by atoms with Crippen molar-refractivity contribution in [2.75, 3.05) is 44.3 Å².